The highest BCUT2D eigenvalue weighted by Gasteiger charge is 2.21. The molecular weight excluding hydrogens is 222 g/mol. The van der Waals surface area contributed by atoms with Crippen LogP contribution in [0.25, 0.3) is 0 Å². The van der Waals surface area contributed by atoms with E-state index in [1.165, 1.54) is 18.4 Å². The first-order chi connectivity index (χ1) is 8.75. The van der Waals surface area contributed by atoms with Crippen molar-refractivity contribution in [3.05, 3.63) is 35.9 Å². The fourth-order valence-electron chi connectivity index (χ4n) is 2.81. The Bertz CT molecular complexity index is 338. The molecule has 0 radical (unpaired) electrons. The van der Waals surface area contributed by atoms with Crippen molar-refractivity contribution in [1.29, 1.82) is 0 Å². The monoisotopic (exact) mass is 247 g/mol. The van der Waals surface area contributed by atoms with E-state index < -0.39 is 0 Å². The third-order valence-electron chi connectivity index (χ3n) is 4.07. The Morgan fingerprint density at radius 2 is 2.06 bits per heavy atom. The molecule has 0 spiro atoms. The minimum atomic E-state index is -0.0416. The zero-order chi connectivity index (χ0) is 12.8. The second kappa shape index (κ2) is 6.91. The number of hydrogen-bond donors (Lipinski definition) is 2. The Morgan fingerprint density at radius 3 is 2.72 bits per heavy atom. The van der Waals surface area contributed by atoms with E-state index in [-0.39, 0.29) is 6.10 Å². The molecule has 3 unspecified atom stereocenters. The third kappa shape index (κ3) is 4.11. The number of aliphatic hydroxyl groups is 1. The molecule has 0 aromatic heterocycles. The zero-order valence-electron chi connectivity index (χ0n) is 11.3. The van der Waals surface area contributed by atoms with E-state index in [9.17, 15) is 5.11 Å². The number of aliphatic hydroxyl groups excluding tert-OH is 1. The standard InChI is InChI=1S/C16H25NO/c1-13(15-5-3-2-4-6-15)9-10-17-12-14-7-8-16(18)11-14/h2-6,13-14,16-18H,7-12H2,1H3. The second-order valence-electron chi connectivity index (χ2n) is 5.64. The molecule has 100 valence electrons. The minimum Gasteiger partial charge on any atom is -0.393 e. The number of hydrogen-bond acceptors (Lipinski definition) is 2. The minimum absolute atomic E-state index is 0.0416. The van der Waals surface area contributed by atoms with E-state index in [1.807, 2.05) is 0 Å². The Balaban J connectivity index is 1.61. The zero-order valence-corrected chi connectivity index (χ0v) is 11.3. The van der Waals surface area contributed by atoms with Crippen LogP contribution in [-0.4, -0.2) is 24.3 Å². The van der Waals surface area contributed by atoms with Gasteiger partial charge in [0.2, 0.25) is 0 Å². The van der Waals surface area contributed by atoms with Gasteiger partial charge < -0.3 is 10.4 Å². The van der Waals surface area contributed by atoms with Crippen molar-refractivity contribution in [1.82, 2.24) is 5.32 Å². The summed E-state index contributed by atoms with van der Waals surface area (Å²) in [5, 5.41) is 13.0. The summed E-state index contributed by atoms with van der Waals surface area (Å²) in [7, 11) is 0. The molecule has 3 atom stereocenters. The normalized spacial score (nSPS) is 25.2. The lowest BCUT2D eigenvalue weighted by molar-refractivity contribution is 0.177. The molecule has 18 heavy (non-hydrogen) atoms. The first-order valence-electron chi connectivity index (χ1n) is 7.19. The molecule has 0 heterocycles. The predicted molar refractivity (Wildman–Crippen MR) is 75.7 cm³/mol. The highest BCUT2D eigenvalue weighted by molar-refractivity contribution is 5.18. The average Bonchev–Trinajstić information content (AvgIpc) is 2.81. The van der Waals surface area contributed by atoms with Crippen molar-refractivity contribution < 1.29 is 5.11 Å². The first kappa shape index (κ1) is 13.6. The quantitative estimate of drug-likeness (QED) is 0.758. The van der Waals surface area contributed by atoms with Crippen LogP contribution < -0.4 is 5.32 Å². The summed E-state index contributed by atoms with van der Waals surface area (Å²) in [6.07, 6.45) is 4.30. The molecule has 2 heteroatoms. The predicted octanol–water partition coefficient (Wildman–Crippen LogP) is 2.93. The number of benzene rings is 1. The van der Waals surface area contributed by atoms with E-state index in [4.69, 9.17) is 0 Å². The van der Waals surface area contributed by atoms with E-state index in [0.717, 1.165) is 25.9 Å². The lowest BCUT2D eigenvalue weighted by atomic mass is 9.98. The van der Waals surface area contributed by atoms with Crippen LogP contribution in [-0.2, 0) is 0 Å². The van der Waals surface area contributed by atoms with Crippen molar-refractivity contribution in [2.45, 2.75) is 44.6 Å². The van der Waals surface area contributed by atoms with Crippen LogP contribution in [0.2, 0.25) is 0 Å². The van der Waals surface area contributed by atoms with Gasteiger partial charge in [0.25, 0.3) is 0 Å². The van der Waals surface area contributed by atoms with Gasteiger partial charge in [-0.15, -0.1) is 0 Å². The maximum Gasteiger partial charge on any atom is 0.0543 e. The first-order valence-corrected chi connectivity index (χ1v) is 7.19. The fourth-order valence-corrected chi connectivity index (χ4v) is 2.81. The van der Waals surface area contributed by atoms with Crippen molar-refractivity contribution >= 4 is 0 Å². The fraction of sp³-hybridized carbons (Fsp3) is 0.625. The summed E-state index contributed by atoms with van der Waals surface area (Å²) in [6, 6.07) is 10.7. The van der Waals surface area contributed by atoms with Gasteiger partial charge in [0.05, 0.1) is 6.10 Å². The number of rotatable bonds is 6. The summed E-state index contributed by atoms with van der Waals surface area (Å²) in [5.74, 6) is 1.31. The van der Waals surface area contributed by atoms with Gasteiger partial charge in [0.1, 0.15) is 0 Å². The lowest BCUT2D eigenvalue weighted by Crippen LogP contribution is -2.23. The topological polar surface area (TPSA) is 32.3 Å². The van der Waals surface area contributed by atoms with Gasteiger partial charge in [-0.2, -0.15) is 0 Å². The third-order valence-corrected chi connectivity index (χ3v) is 4.07. The van der Waals surface area contributed by atoms with Crippen LogP contribution >= 0.6 is 0 Å². The summed E-state index contributed by atoms with van der Waals surface area (Å²) in [6.45, 7) is 4.43. The SMILES string of the molecule is CC(CCNCC1CCC(O)C1)c1ccccc1. The van der Waals surface area contributed by atoms with Crippen molar-refractivity contribution in [2.75, 3.05) is 13.1 Å². The molecule has 0 aliphatic heterocycles. The second-order valence-corrected chi connectivity index (χ2v) is 5.64. The van der Waals surface area contributed by atoms with E-state index >= 15 is 0 Å². The van der Waals surface area contributed by atoms with Gasteiger partial charge in [0, 0.05) is 0 Å². The summed E-state index contributed by atoms with van der Waals surface area (Å²) in [5.41, 5.74) is 1.43. The molecule has 0 amide bonds. The van der Waals surface area contributed by atoms with Gasteiger partial charge in [-0.25, -0.2) is 0 Å². The Labute approximate surface area is 110 Å². The Morgan fingerprint density at radius 1 is 1.28 bits per heavy atom. The smallest absolute Gasteiger partial charge is 0.0543 e. The van der Waals surface area contributed by atoms with E-state index in [0.29, 0.717) is 11.8 Å². The van der Waals surface area contributed by atoms with Crippen molar-refractivity contribution in [2.24, 2.45) is 5.92 Å². The molecule has 1 saturated carbocycles. The highest BCUT2D eigenvalue weighted by atomic mass is 16.3. The van der Waals surface area contributed by atoms with Gasteiger partial charge in [-0.1, -0.05) is 37.3 Å². The molecular formula is C16H25NO. The molecule has 2 rings (SSSR count). The average molecular weight is 247 g/mol. The molecule has 1 aromatic carbocycles. The molecule has 1 fully saturated rings. The lowest BCUT2D eigenvalue weighted by Gasteiger charge is -2.14. The largest absolute Gasteiger partial charge is 0.393 e. The molecule has 1 aromatic rings. The van der Waals surface area contributed by atoms with Gasteiger partial charge in [-0.05, 0) is 56.2 Å². The Hall–Kier alpha value is -0.860. The molecule has 0 bridgehead atoms. The van der Waals surface area contributed by atoms with Crippen LogP contribution in [0.15, 0.2) is 30.3 Å². The van der Waals surface area contributed by atoms with Crippen LogP contribution in [0.5, 0.6) is 0 Å². The number of nitrogens with one attached hydrogen (secondary N) is 1. The van der Waals surface area contributed by atoms with E-state index in [1.54, 1.807) is 0 Å². The summed E-state index contributed by atoms with van der Waals surface area (Å²) >= 11 is 0. The highest BCUT2D eigenvalue weighted by Crippen LogP contribution is 2.24. The van der Waals surface area contributed by atoms with Crippen LogP contribution in [0.3, 0.4) is 0 Å². The van der Waals surface area contributed by atoms with Gasteiger partial charge in [-0.3, -0.25) is 0 Å². The summed E-state index contributed by atoms with van der Waals surface area (Å²) < 4.78 is 0. The van der Waals surface area contributed by atoms with Crippen LogP contribution in [0, 0.1) is 5.92 Å². The maximum absolute atomic E-state index is 9.47. The Kier molecular flexibility index (Phi) is 5.21. The maximum atomic E-state index is 9.47. The van der Waals surface area contributed by atoms with Gasteiger partial charge in [0.15, 0.2) is 0 Å². The molecule has 0 saturated heterocycles. The van der Waals surface area contributed by atoms with Crippen molar-refractivity contribution in [3.63, 3.8) is 0 Å². The molecule has 2 N–H and O–H groups in total. The van der Waals surface area contributed by atoms with E-state index in [2.05, 4.69) is 42.6 Å². The molecule has 2 nitrogen and oxygen atoms in total. The van der Waals surface area contributed by atoms with Crippen LogP contribution in [0.1, 0.15) is 44.1 Å². The van der Waals surface area contributed by atoms with Gasteiger partial charge >= 0.3 is 0 Å². The van der Waals surface area contributed by atoms with Crippen LogP contribution in [0.4, 0.5) is 0 Å². The van der Waals surface area contributed by atoms with Crippen molar-refractivity contribution in [3.8, 4) is 0 Å². The molecule has 1 aliphatic rings. The summed E-state index contributed by atoms with van der Waals surface area (Å²) in [4.78, 5) is 0. The molecule has 1 aliphatic carbocycles.